The van der Waals surface area contributed by atoms with E-state index in [-0.39, 0.29) is 6.04 Å². The van der Waals surface area contributed by atoms with Gasteiger partial charge in [-0.3, -0.25) is 0 Å². The number of halogens is 3. The molecule has 5 heteroatoms. The quantitative estimate of drug-likeness (QED) is 0.613. The molecule has 19 heavy (non-hydrogen) atoms. The van der Waals surface area contributed by atoms with Gasteiger partial charge in [-0.15, -0.1) is 0 Å². The van der Waals surface area contributed by atoms with Crippen LogP contribution in [0, 0.1) is 3.57 Å². The van der Waals surface area contributed by atoms with Crippen molar-refractivity contribution in [2.45, 2.75) is 19.4 Å². The zero-order valence-electron chi connectivity index (χ0n) is 10.4. The van der Waals surface area contributed by atoms with Gasteiger partial charge in [0.1, 0.15) is 5.76 Å². The summed E-state index contributed by atoms with van der Waals surface area (Å²) in [4.78, 5) is 0. The Labute approximate surface area is 140 Å². The number of nitrogens with one attached hydrogen (secondary N) is 1. The second-order valence-corrected chi connectivity index (χ2v) is 6.55. The van der Waals surface area contributed by atoms with Crippen LogP contribution in [0.25, 0.3) is 0 Å². The summed E-state index contributed by atoms with van der Waals surface area (Å²) in [5.74, 6) is 0.887. The van der Waals surface area contributed by atoms with Gasteiger partial charge < -0.3 is 9.73 Å². The second-order valence-electron chi connectivity index (χ2n) is 4.20. The maximum absolute atomic E-state index is 6.21. The number of furan rings is 1. The largest absolute Gasteiger partial charge is 0.452 e. The topological polar surface area (TPSA) is 25.2 Å². The molecule has 2 nitrogen and oxygen atoms in total. The van der Waals surface area contributed by atoms with E-state index in [0.29, 0.717) is 0 Å². The van der Waals surface area contributed by atoms with Crippen molar-refractivity contribution in [3.63, 3.8) is 0 Å². The normalized spacial score (nSPS) is 12.6. The Morgan fingerprint density at radius 2 is 2.16 bits per heavy atom. The van der Waals surface area contributed by atoms with Crippen molar-refractivity contribution >= 4 is 50.1 Å². The van der Waals surface area contributed by atoms with Gasteiger partial charge in [-0.2, -0.15) is 0 Å². The minimum Gasteiger partial charge on any atom is -0.452 e. The predicted molar refractivity (Wildman–Crippen MR) is 90.7 cm³/mol. The highest BCUT2D eigenvalue weighted by molar-refractivity contribution is 14.1. The van der Waals surface area contributed by atoms with E-state index in [4.69, 9.17) is 16.0 Å². The molecule has 2 rings (SSSR count). The van der Waals surface area contributed by atoms with Crippen LogP contribution in [0.15, 0.2) is 39.4 Å². The first-order valence-electron chi connectivity index (χ1n) is 6.05. The molecular weight excluding hydrogens is 440 g/mol. The molecule has 0 saturated heterocycles. The van der Waals surface area contributed by atoms with E-state index in [9.17, 15) is 0 Å². The van der Waals surface area contributed by atoms with Gasteiger partial charge >= 0.3 is 0 Å². The van der Waals surface area contributed by atoms with Crippen LogP contribution in [0.1, 0.15) is 30.7 Å². The van der Waals surface area contributed by atoms with Crippen LogP contribution in [0.2, 0.25) is 5.02 Å². The van der Waals surface area contributed by atoms with Gasteiger partial charge in [0, 0.05) is 3.57 Å². The number of benzene rings is 1. The van der Waals surface area contributed by atoms with Crippen LogP contribution in [0.5, 0.6) is 0 Å². The molecule has 102 valence electrons. The minimum atomic E-state index is 0.0285. The van der Waals surface area contributed by atoms with Crippen molar-refractivity contribution in [2.75, 3.05) is 6.54 Å². The molecule has 1 aromatic carbocycles. The van der Waals surface area contributed by atoms with Gasteiger partial charge in [0.15, 0.2) is 4.67 Å². The fraction of sp³-hybridized carbons (Fsp3) is 0.286. The average Bonchev–Trinajstić information content (AvgIpc) is 2.80. The van der Waals surface area contributed by atoms with Crippen molar-refractivity contribution in [1.82, 2.24) is 5.32 Å². The van der Waals surface area contributed by atoms with E-state index in [1.807, 2.05) is 24.3 Å². The molecule has 1 heterocycles. The molecule has 1 aromatic heterocycles. The van der Waals surface area contributed by atoms with E-state index in [2.05, 4.69) is 56.8 Å². The lowest BCUT2D eigenvalue weighted by atomic mass is 10.0. The fourth-order valence-electron chi connectivity index (χ4n) is 1.85. The summed E-state index contributed by atoms with van der Waals surface area (Å²) < 4.78 is 7.47. The smallest absolute Gasteiger partial charge is 0.169 e. The van der Waals surface area contributed by atoms with Crippen LogP contribution in [0.3, 0.4) is 0 Å². The molecule has 0 bridgehead atoms. The molecule has 2 aromatic rings. The lowest BCUT2D eigenvalue weighted by Crippen LogP contribution is -2.22. The third kappa shape index (κ3) is 3.97. The third-order valence-electron chi connectivity index (χ3n) is 2.75. The average molecular weight is 455 g/mol. The minimum absolute atomic E-state index is 0.0285. The van der Waals surface area contributed by atoms with Crippen molar-refractivity contribution < 1.29 is 4.42 Å². The van der Waals surface area contributed by atoms with E-state index in [1.54, 1.807) is 0 Å². The molecule has 0 amide bonds. The highest BCUT2D eigenvalue weighted by Gasteiger charge is 2.17. The summed E-state index contributed by atoms with van der Waals surface area (Å²) in [6, 6.07) is 10.0. The molecule has 1 N–H and O–H groups in total. The summed E-state index contributed by atoms with van der Waals surface area (Å²) in [6.07, 6.45) is 1.07. The molecular formula is C14H14BrClINO. The first-order valence-corrected chi connectivity index (χ1v) is 8.30. The first kappa shape index (κ1) is 15.4. The first-order chi connectivity index (χ1) is 9.11. The summed E-state index contributed by atoms with van der Waals surface area (Å²) >= 11 is 11.8. The van der Waals surface area contributed by atoms with E-state index in [1.165, 1.54) is 0 Å². The Kier molecular flexibility index (Phi) is 5.74. The van der Waals surface area contributed by atoms with Crippen molar-refractivity contribution in [2.24, 2.45) is 0 Å². The Bertz CT molecular complexity index is 558. The Balaban J connectivity index is 2.33. The second kappa shape index (κ2) is 7.11. The van der Waals surface area contributed by atoms with Gasteiger partial charge in [-0.1, -0.05) is 24.6 Å². The lowest BCUT2D eigenvalue weighted by molar-refractivity contribution is 0.433. The van der Waals surface area contributed by atoms with Crippen LogP contribution in [0.4, 0.5) is 0 Å². The van der Waals surface area contributed by atoms with Crippen molar-refractivity contribution in [1.29, 1.82) is 0 Å². The van der Waals surface area contributed by atoms with Crippen LogP contribution in [-0.4, -0.2) is 6.54 Å². The Morgan fingerprint density at radius 3 is 2.74 bits per heavy atom. The molecule has 0 saturated carbocycles. The van der Waals surface area contributed by atoms with Crippen molar-refractivity contribution in [3.05, 3.63) is 54.9 Å². The monoisotopic (exact) mass is 453 g/mol. The Morgan fingerprint density at radius 1 is 1.37 bits per heavy atom. The third-order valence-corrected chi connectivity index (χ3v) is 4.75. The summed E-state index contributed by atoms with van der Waals surface area (Å²) in [5, 5.41) is 4.26. The van der Waals surface area contributed by atoms with E-state index in [0.717, 1.165) is 37.6 Å². The van der Waals surface area contributed by atoms with Gasteiger partial charge in [-0.05, 0) is 81.3 Å². The molecule has 1 unspecified atom stereocenters. The number of rotatable bonds is 5. The molecule has 1 atom stereocenters. The molecule has 0 fully saturated rings. The summed E-state index contributed by atoms with van der Waals surface area (Å²) in [7, 11) is 0. The van der Waals surface area contributed by atoms with Gasteiger partial charge in [0.25, 0.3) is 0 Å². The molecule has 0 spiro atoms. The number of hydrogen-bond acceptors (Lipinski definition) is 2. The van der Waals surface area contributed by atoms with E-state index >= 15 is 0 Å². The highest BCUT2D eigenvalue weighted by atomic mass is 127. The van der Waals surface area contributed by atoms with Gasteiger partial charge in [0.2, 0.25) is 0 Å². The Hall–Kier alpha value is -0.0400. The van der Waals surface area contributed by atoms with Gasteiger partial charge in [-0.25, -0.2) is 0 Å². The standard InChI is InChI=1S/C14H14BrClINO/c1-2-7-18-14(12-5-6-13(15)19-12)9-3-4-11(17)10(16)8-9/h3-6,8,14,18H,2,7H2,1H3. The van der Waals surface area contributed by atoms with Crippen LogP contribution < -0.4 is 5.32 Å². The fourth-order valence-corrected chi connectivity index (χ4v) is 2.69. The van der Waals surface area contributed by atoms with Gasteiger partial charge in [0.05, 0.1) is 11.1 Å². The van der Waals surface area contributed by atoms with E-state index < -0.39 is 0 Å². The molecule has 0 aliphatic rings. The molecule has 0 aliphatic heterocycles. The van der Waals surface area contributed by atoms with Crippen molar-refractivity contribution in [3.8, 4) is 0 Å². The predicted octanol–water partition coefficient (Wildman–Crippen LogP) is 5.39. The maximum Gasteiger partial charge on any atom is 0.169 e. The highest BCUT2D eigenvalue weighted by Crippen LogP contribution is 2.29. The maximum atomic E-state index is 6.21. The van der Waals surface area contributed by atoms with Crippen LogP contribution in [-0.2, 0) is 0 Å². The lowest BCUT2D eigenvalue weighted by Gasteiger charge is -2.17. The summed E-state index contributed by atoms with van der Waals surface area (Å²) in [5.41, 5.74) is 1.11. The SMILES string of the molecule is CCCNC(c1ccc(I)c(Cl)c1)c1ccc(Br)o1. The zero-order valence-corrected chi connectivity index (χ0v) is 14.9. The summed E-state index contributed by atoms with van der Waals surface area (Å²) in [6.45, 7) is 3.07. The van der Waals surface area contributed by atoms with Crippen LogP contribution >= 0.6 is 50.1 Å². The zero-order chi connectivity index (χ0) is 13.8. The molecule has 0 radical (unpaired) electrons. The molecule has 0 aliphatic carbocycles. The number of hydrogen-bond donors (Lipinski definition) is 1.